The molecule has 3 aromatic carbocycles. The number of anilines is 1. The van der Waals surface area contributed by atoms with Gasteiger partial charge in [-0.25, -0.2) is 8.42 Å². The number of carbonyl (C=O) groups is 1. The van der Waals surface area contributed by atoms with Gasteiger partial charge in [-0.3, -0.25) is 9.10 Å². The summed E-state index contributed by atoms with van der Waals surface area (Å²) in [4.78, 5) is 14.4. The van der Waals surface area contributed by atoms with Crippen LogP contribution in [0, 0.1) is 0 Å². The molecule has 0 aliphatic rings. The van der Waals surface area contributed by atoms with Gasteiger partial charge in [0.25, 0.3) is 15.9 Å². The predicted molar refractivity (Wildman–Crippen MR) is 122 cm³/mol. The van der Waals surface area contributed by atoms with E-state index in [9.17, 15) is 13.2 Å². The second kappa shape index (κ2) is 10.1. The number of para-hydroxylation sites is 2. The molecule has 0 saturated carbocycles. The fourth-order valence-corrected chi connectivity index (χ4v) is 4.66. The molecule has 3 rings (SSSR count). The SMILES string of the molecule is CCN(c1ccccc1)S(=O)(=O)c1cccc(C(=O)N(C)CCOc2ccccc2)c1. The van der Waals surface area contributed by atoms with Crippen LogP contribution < -0.4 is 9.04 Å². The van der Waals surface area contributed by atoms with Crippen molar-refractivity contribution in [3.05, 3.63) is 90.5 Å². The van der Waals surface area contributed by atoms with Crippen LogP contribution >= 0.6 is 0 Å². The van der Waals surface area contributed by atoms with Crippen LogP contribution in [0.1, 0.15) is 17.3 Å². The molecule has 6 nitrogen and oxygen atoms in total. The number of hydrogen-bond acceptors (Lipinski definition) is 4. The summed E-state index contributed by atoms with van der Waals surface area (Å²) in [7, 11) is -2.13. The smallest absolute Gasteiger partial charge is 0.264 e. The number of likely N-dealkylation sites (N-methyl/N-ethyl adjacent to an activating group) is 1. The standard InChI is InChI=1S/C24H26N2O4S/c1-3-26(21-12-6-4-7-13-21)31(28,29)23-16-10-11-20(19-23)24(27)25(2)17-18-30-22-14-8-5-9-15-22/h4-16,19H,3,17-18H2,1-2H3. The van der Waals surface area contributed by atoms with Gasteiger partial charge in [-0.15, -0.1) is 0 Å². The molecule has 162 valence electrons. The molecule has 0 aromatic heterocycles. The molecule has 0 bridgehead atoms. The summed E-state index contributed by atoms with van der Waals surface area (Å²) in [5.41, 5.74) is 0.893. The van der Waals surface area contributed by atoms with Gasteiger partial charge in [0.15, 0.2) is 0 Å². The molecule has 0 atom stereocenters. The van der Waals surface area contributed by atoms with E-state index < -0.39 is 10.0 Å². The van der Waals surface area contributed by atoms with Gasteiger partial charge in [-0.05, 0) is 49.4 Å². The molecule has 1 amide bonds. The summed E-state index contributed by atoms with van der Waals surface area (Å²) in [6, 6.07) is 24.4. The largest absolute Gasteiger partial charge is 0.492 e. The Morgan fingerprint density at radius 2 is 1.55 bits per heavy atom. The summed E-state index contributed by atoms with van der Waals surface area (Å²) in [6.45, 7) is 2.76. The topological polar surface area (TPSA) is 66.9 Å². The zero-order chi connectivity index (χ0) is 22.3. The van der Waals surface area contributed by atoms with Gasteiger partial charge in [0, 0.05) is 19.2 Å². The summed E-state index contributed by atoms with van der Waals surface area (Å²) in [5.74, 6) is 0.466. The third kappa shape index (κ3) is 5.44. The van der Waals surface area contributed by atoms with Crippen molar-refractivity contribution < 1.29 is 17.9 Å². The molecule has 0 radical (unpaired) electrons. The molecule has 0 heterocycles. The normalized spacial score (nSPS) is 11.0. The molecule has 0 aliphatic carbocycles. The zero-order valence-electron chi connectivity index (χ0n) is 17.6. The minimum Gasteiger partial charge on any atom is -0.492 e. The van der Waals surface area contributed by atoms with E-state index in [1.54, 1.807) is 50.4 Å². The Hall–Kier alpha value is -3.32. The average molecular weight is 439 g/mol. The van der Waals surface area contributed by atoms with Crippen LogP contribution in [0.2, 0.25) is 0 Å². The van der Waals surface area contributed by atoms with E-state index in [4.69, 9.17) is 4.74 Å². The van der Waals surface area contributed by atoms with Crippen LogP contribution in [0.4, 0.5) is 5.69 Å². The Labute approximate surface area is 183 Å². The van der Waals surface area contributed by atoms with Crippen molar-refractivity contribution in [1.29, 1.82) is 0 Å². The molecule has 0 N–H and O–H groups in total. The fourth-order valence-electron chi connectivity index (χ4n) is 3.14. The highest BCUT2D eigenvalue weighted by atomic mass is 32.2. The fraction of sp³-hybridized carbons (Fsp3) is 0.208. The van der Waals surface area contributed by atoms with Crippen LogP contribution in [0.3, 0.4) is 0 Å². The molecule has 0 aliphatic heterocycles. The highest BCUT2D eigenvalue weighted by Gasteiger charge is 2.25. The second-order valence-corrected chi connectivity index (χ2v) is 8.78. The summed E-state index contributed by atoms with van der Waals surface area (Å²) in [6.07, 6.45) is 0. The minimum absolute atomic E-state index is 0.0815. The lowest BCUT2D eigenvalue weighted by molar-refractivity contribution is 0.0773. The number of amides is 1. The number of rotatable bonds is 9. The van der Waals surface area contributed by atoms with Gasteiger partial charge < -0.3 is 9.64 Å². The summed E-state index contributed by atoms with van der Waals surface area (Å²) >= 11 is 0. The average Bonchev–Trinajstić information content (AvgIpc) is 2.80. The van der Waals surface area contributed by atoms with Crippen molar-refractivity contribution in [2.75, 3.05) is 31.0 Å². The van der Waals surface area contributed by atoms with Crippen LogP contribution in [0.25, 0.3) is 0 Å². The van der Waals surface area contributed by atoms with E-state index in [0.717, 1.165) is 5.75 Å². The monoisotopic (exact) mass is 438 g/mol. The molecular weight excluding hydrogens is 412 g/mol. The maximum atomic E-state index is 13.2. The summed E-state index contributed by atoms with van der Waals surface area (Å²) in [5, 5.41) is 0. The van der Waals surface area contributed by atoms with Gasteiger partial charge in [-0.1, -0.05) is 42.5 Å². The Morgan fingerprint density at radius 3 is 2.19 bits per heavy atom. The molecule has 7 heteroatoms. The van der Waals surface area contributed by atoms with Crippen LogP contribution in [0.15, 0.2) is 89.8 Å². The zero-order valence-corrected chi connectivity index (χ0v) is 18.5. The molecule has 0 unspecified atom stereocenters. The Balaban J connectivity index is 1.73. The van der Waals surface area contributed by atoms with Crippen molar-refractivity contribution >= 4 is 21.6 Å². The van der Waals surface area contributed by atoms with E-state index in [1.165, 1.54) is 21.3 Å². The first kappa shape index (κ1) is 22.4. The second-order valence-electron chi connectivity index (χ2n) is 6.92. The maximum Gasteiger partial charge on any atom is 0.264 e. The minimum atomic E-state index is -3.80. The lowest BCUT2D eigenvalue weighted by Gasteiger charge is -2.23. The molecule has 0 fully saturated rings. The first-order valence-corrected chi connectivity index (χ1v) is 11.5. The first-order valence-electron chi connectivity index (χ1n) is 10.0. The highest BCUT2D eigenvalue weighted by Crippen LogP contribution is 2.24. The van der Waals surface area contributed by atoms with Gasteiger partial charge in [0.05, 0.1) is 17.1 Å². The molecule has 0 spiro atoms. The van der Waals surface area contributed by atoms with Crippen LogP contribution in [0.5, 0.6) is 5.75 Å². The lowest BCUT2D eigenvalue weighted by atomic mass is 10.2. The van der Waals surface area contributed by atoms with Crippen LogP contribution in [-0.4, -0.2) is 46.0 Å². The summed E-state index contributed by atoms with van der Waals surface area (Å²) < 4.78 is 33.4. The van der Waals surface area contributed by atoms with E-state index >= 15 is 0 Å². The molecule has 0 saturated heterocycles. The first-order chi connectivity index (χ1) is 14.9. The quantitative estimate of drug-likeness (QED) is 0.505. The van der Waals surface area contributed by atoms with Gasteiger partial charge in [0.2, 0.25) is 0 Å². The lowest BCUT2D eigenvalue weighted by Crippen LogP contribution is -2.32. The van der Waals surface area contributed by atoms with Crippen molar-refractivity contribution in [3.63, 3.8) is 0 Å². The van der Waals surface area contributed by atoms with Crippen LogP contribution in [-0.2, 0) is 10.0 Å². The van der Waals surface area contributed by atoms with Crippen molar-refractivity contribution in [3.8, 4) is 5.75 Å². The number of sulfonamides is 1. The van der Waals surface area contributed by atoms with Crippen molar-refractivity contribution in [1.82, 2.24) is 4.90 Å². The maximum absolute atomic E-state index is 13.2. The number of nitrogens with zero attached hydrogens (tertiary/aromatic N) is 2. The van der Waals surface area contributed by atoms with E-state index in [-0.39, 0.29) is 17.3 Å². The van der Waals surface area contributed by atoms with Gasteiger partial charge in [0.1, 0.15) is 12.4 Å². The van der Waals surface area contributed by atoms with E-state index in [1.807, 2.05) is 36.4 Å². The van der Waals surface area contributed by atoms with Crippen molar-refractivity contribution in [2.45, 2.75) is 11.8 Å². The third-order valence-corrected chi connectivity index (χ3v) is 6.68. The molecular formula is C24H26N2O4S. The predicted octanol–water partition coefficient (Wildman–Crippen LogP) is 4.05. The molecule has 31 heavy (non-hydrogen) atoms. The van der Waals surface area contributed by atoms with Crippen molar-refractivity contribution in [2.24, 2.45) is 0 Å². The number of ether oxygens (including phenoxy) is 1. The highest BCUT2D eigenvalue weighted by molar-refractivity contribution is 7.92. The Bertz CT molecular complexity index is 1100. The van der Waals surface area contributed by atoms with E-state index in [0.29, 0.717) is 24.4 Å². The Kier molecular flexibility index (Phi) is 7.31. The number of hydrogen-bond donors (Lipinski definition) is 0. The number of carbonyl (C=O) groups excluding carboxylic acids is 1. The Morgan fingerprint density at radius 1 is 0.903 bits per heavy atom. The van der Waals surface area contributed by atoms with Gasteiger partial charge in [-0.2, -0.15) is 0 Å². The molecule has 3 aromatic rings. The third-order valence-electron chi connectivity index (χ3n) is 4.79. The van der Waals surface area contributed by atoms with E-state index in [2.05, 4.69) is 0 Å². The van der Waals surface area contributed by atoms with Gasteiger partial charge >= 0.3 is 0 Å². The number of benzene rings is 3.